The molecule has 0 aliphatic heterocycles. The van der Waals surface area contributed by atoms with Gasteiger partial charge in [-0.1, -0.05) is 24.3 Å². The number of benzene rings is 2. The molecule has 0 aromatic heterocycles. The van der Waals surface area contributed by atoms with Gasteiger partial charge in [-0.05, 0) is 69.9 Å². The molecule has 0 saturated heterocycles. The summed E-state index contributed by atoms with van der Waals surface area (Å²) in [6.45, 7) is 7.65. The van der Waals surface area contributed by atoms with E-state index >= 15 is 0 Å². The van der Waals surface area contributed by atoms with Crippen molar-refractivity contribution >= 4 is 17.7 Å². The number of ether oxygens (including phenoxy) is 2. The minimum atomic E-state index is -1.07. The first-order valence-corrected chi connectivity index (χ1v) is 9.84. The number of hydrogen-bond acceptors (Lipinski definition) is 5. The summed E-state index contributed by atoms with van der Waals surface area (Å²) in [5.74, 6) is -1.06. The van der Waals surface area contributed by atoms with E-state index in [1.54, 1.807) is 13.8 Å². The summed E-state index contributed by atoms with van der Waals surface area (Å²) in [4.78, 5) is 35.5. The Morgan fingerprint density at radius 2 is 1.60 bits per heavy atom. The first-order valence-electron chi connectivity index (χ1n) is 9.84. The molecule has 0 aliphatic rings. The predicted octanol–water partition coefficient (Wildman–Crippen LogP) is 4.61. The van der Waals surface area contributed by atoms with Gasteiger partial charge < -0.3 is 14.6 Å². The van der Waals surface area contributed by atoms with Crippen LogP contribution in [0.4, 0.5) is 0 Å². The average Bonchev–Trinajstić information content (AvgIpc) is 2.71. The lowest BCUT2D eigenvalue weighted by Crippen LogP contribution is -2.29. The van der Waals surface area contributed by atoms with Gasteiger partial charge in [0.1, 0.15) is 5.75 Å². The Bertz CT molecular complexity index is 912. The molecule has 0 saturated carbocycles. The van der Waals surface area contributed by atoms with Crippen LogP contribution in [0.3, 0.4) is 0 Å². The largest absolute Gasteiger partial charge is 0.493 e. The first kappa shape index (κ1) is 23.1. The van der Waals surface area contributed by atoms with Crippen molar-refractivity contribution in [1.82, 2.24) is 0 Å². The Balaban J connectivity index is 1.79. The van der Waals surface area contributed by atoms with Gasteiger partial charge in [-0.3, -0.25) is 9.59 Å². The predicted molar refractivity (Wildman–Crippen MR) is 113 cm³/mol. The van der Waals surface area contributed by atoms with Crippen LogP contribution in [0.1, 0.15) is 58.5 Å². The zero-order valence-electron chi connectivity index (χ0n) is 17.9. The first-order chi connectivity index (χ1) is 14.1. The van der Waals surface area contributed by atoms with Gasteiger partial charge in [0.05, 0.1) is 17.6 Å². The van der Waals surface area contributed by atoms with Crippen LogP contribution < -0.4 is 4.74 Å². The van der Waals surface area contributed by atoms with E-state index in [1.807, 2.05) is 32.0 Å². The summed E-state index contributed by atoms with van der Waals surface area (Å²) < 4.78 is 11.0. The second-order valence-electron chi connectivity index (χ2n) is 7.99. The summed E-state index contributed by atoms with van der Waals surface area (Å²) >= 11 is 0. The third kappa shape index (κ3) is 6.44. The van der Waals surface area contributed by atoms with Crippen molar-refractivity contribution in [1.29, 1.82) is 0 Å². The zero-order valence-corrected chi connectivity index (χ0v) is 17.9. The molecule has 0 heterocycles. The fourth-order valence-corrected chi connectivity index (χ4v) is 2.87. The minimum Gasteiger partial charge on any atom is -0.493 e. The maximum absolute atomic E-state index is 12.4. The lowest BCUT2D eigenvalue weighted by Gasteiger charge is -2.22. The van der Waals surface area contributed by atoms with E-state index in [4.69, 9.17) is 14.6 Å². The van der Waals surface area contributed by atoms with Crippen LogP contribution >= 0.6 is 0 Å². The van der Waals surface area contributed by atoms with E-state index in [2.05, 4.69) is 0 Å². The third-order valence-electron chi connectivity index (χ3n) is 4.89. The number of carboxylic acid groups (broad SMARTS) is 1. The van der Waals surface area contributed by atoms with Crippen molar-refractivity contribution in [3.8, 4) is 5.75 Å². The molecule has 2 rings (SSSR count). The summed E-state index contributed by atoms with van der Waals surface area (Å²) in [5, 5.41) is 8.90. The molecule has 2 aromatic rings. The summed E-state index contributed by atoms with van der Waals surface area (Å²) in [6, 6.07) is 11.5. The van der Waals surface area contributed by atoms with E-state index in [9.17, 15) is 14.4 Å². The van der Waals surface area contributed by atoms with Crippen molar-refractivity contribution in [3.63, 3.8) is 0 Å². The minimum absolute atomic E-state index is 0.0905. The van der Waals surface area contributed by atoms with Crippen molar-refractivity contribution in [2.75, 3.05) is 13.2 Å². The van der Waals surface area contributed by atoms with Crippen LogP contribution in [-0.4, -0.2) is 36.0 Å². The smallest absolute Gasteiger partial charge is 0.335 e. The highest BCUT2D eigenvalue weighted by molar-refractivity contribution is 5.99. The Hall–Kier alpha value is -3.15. The molecular formula is C24H28O6. The number of Topliss-reactive ketones (excluding diaryl/α,β-unsaturated/α-hetero) is 1. The number of carbonyl (C=O) groups is 3. The molecule has 0 aliphatic carbocycles. The van der Waals surface area contributed by atoms with Gasteiger partial charge in [0.15, 0.2) is 12.4 Å². The number of carboxylic acids is 1. The fraction of sp³-hybridized carbons (Fsp3) is 0.375. The summed E-state index contributed by atoms with van der Waals surface area (Å²) in [6.07, 6.45) is 1.22. The summed E-state index contributed by atoms with van der Waals surface area (Å²) in [5.41, 5.74) is 1.83. The molecule has 30 heavy (non-hydrogen) atoms. The highest BCUT2D eigenvalue weighted by Gasteiger charge is 2.29. The van der Waals surface area contributed by atoms with Gasteiger partial charge in [0.25, 0.3) is 0 Å². The molecular weight excluding hydrogens is 384 g/mol. The quantitative estimate of drug-likeness (QED) is 0.348. The Kier molecular flexibility index (Phi) is 7.75. The standard InChI is InChI=1S/C24H28O6/c1-16-6-7-17(2)21(14-16)29-13-5-12-24(3,4)23(28)30-15-20(25)18-8-10-19(11-9-18)22(26)27/h6-11,14H,5,12-13,15H2,1-4H3,(H,26,27). The molecule has 0 atom stereocenters. The third-order valence-corrected chi connectivity index (χ3v) is 4.89. The van der Waals surface area contributed by atoms with Crippen molar-refractivity contribution < 1.29 is 29.0 Å². The average molecular weight is 412 g/mol. The van der Waals surface area contributed by atoms with Gasteiger partial charge in [-0.2, -0.15) is 0 Å². The number of esters is 1. The lowest BCUT2D eigenvalue weighted by atomic mass is 9.88. The van der Waals surface area contributed by atoms with E-state index in [-0.39, 0.29) is 18.0 Å². The normalized spacial score (nSPS) is 11.1. The Morgan fingerprint density at radius 3 is 2.23 bits per heavy atom. The zero-order chi connectivity index (χ0) is 22.3. The molecule has 0 bridgehead atoms. The maximum Gasteiger partial charge on any atom is 0.335 e. The molecule has 6 heteroatoms. The number of aromatic carboxylic acids is 1. The van der Waals surface area contributed by atoms with Gasteiger partial charge in [-0.15, -0.1) is 0 Å². The van der Waals surface area contributed by atoms with E-state index in [0.717, 1.165) is 16.9 Å². The number of aryl methyl sites for hydroxylation is 2. The highest BCUT2D eigenvalue weighted by atomic mass is 16.5. The molecule has 1 N–H and O–H groups in total. The molecule has 0 spiro atoms. The van der Waals surface area contributed by atoms with Crippen LogP contribution in [0.15, 0.2) is 42.5 Å². The van der Waals surface area contributed by atoms with Crippen LogP contribution in [-0.2, 0) is 9.53 Å². The molecule has 0 fully saturated rings. The lowest BCUT2D eigenvalue weighted by molar-refractivity contribution is -0.153. The van der Waals surface area contributed by atoms with Crippen LogP contribution in [0.5, 0.6) is 5.75 Å². The topological polar surface area (TPSA) is 89.9 Å². The van der Waals surface area contributed by atoms with Gasteiger partial charge in [0.2, 0.25) is 0 Å². The maximum atomic E-state index is 12.4. The van der Waals surface area contributed by atoms with Crippen LogP contribution in [0, 0.1) is 19.3 Å². The van der Waals surface area contributed by atoms with Crippen molar-refractivity contribution in [2.45, 2.75) is 40.5 Å². The molecule has 160 valence electrons. The van der Waals surface area contributed by atoms with E-state index < -0.39 is 17.4 Å². The Labute approximate surface area is 176 Å². The van der Waals surface area contributed by atoms with E-state index in [0.29, 0.717) is 25.0 Å². The molecule has 6 nitrogen and oxygen atoms in total. The van der Waals surface area contributed by atoms with Gasteiger partial charge in [0, 0.05) is 5.56 Å². The molecule has 0 radical (unpaired) electrons. The van der Waals surface area contributed by atoms with Crippen molar-refractivity contribution in [2.24, 2.45) is 5.41 Å². The SMILES string of the molecule is Cc1ccc(C)c(OCCCC(C)(C)C(=O)OCC(=O)c2ccc(C(=O)O)cc2)c1. The number of carbonyl (C=O) groups excluding carboxylic acids is 2. The molecule has 0 amide bonds. The number of rotatable bonds is 10. The Morgan fingerprint density at radius 1 is 0.967 bits per heavy atom. The number of ketones is 1. The van der Waals surface area contributed by atoms with Gasteiger partial charge in [-0.25, -0.2) is 4.79 Å². The van der Waals surface area contributed by atoms with E-state index in [1.165, 1.54) is 24.3 Å². The van der Waals surface area contributed by atoms with Gasteiger partial charge >= 0.3 is 11.9 Å². The highest BCUT2D eigenvalue weighted by Crippen LogP contribution is 2.25. The fourth-order valence-electron chi connectivity index (χ4n) is 2.87. The second kappa shape index (κ2) is 10.1. The van der Waals surface area contributed by atoms with Crippen molar-refractivity contribution in [3.05, 3.63) is 64.7 Å². The summed E-state index contributed by atoms with van der Waals surface area (Å²) in [7, 11) is 0. The van der Waals surface area contributed by atoms with Crippen LogP contribution in [0.25, 0.3) is 0 Å². The second-order valence-corrected chi connectivity index (χ2v) is 7.99. The number of hydrogen-bond donors (Lipinski definition) is 1. The monoisotopic (exact) mass is 412 g/mol. The molecule has 0 unspecified atom stereocenters. The van der Waals surface area contributed by atoms with Crippen LogP contribution in [0.2, 0.25) is 0 Å². The molecule has 2 aromatic carbocycles.